The molecule has 0 bridgehead atoms. The van der Waals surface area contributed by atoms with Crippen molar-refractivity contribution in [2.24, 2.45) is 11.7 Å². The zero-order valence-corrected chi connectivity index (χ0v) is 13.9. The molecule has 0 rings (SSSR count). The van der Waals surface area contributed by atoms with Crippen molar-refractivity contribution in [3.8, 4) is 0 Å². The van der Waals surface area contributed by atoms with Gasteiger partial charge >= 0.3 is 11.9 Å². The molecule has 0 aliphatic heterocycles. The van der Waals surface area contributed by atoms with Gasteiger partial charge in [0.25, 0.3) is 0 Å². The fourth-order valence-corrected chi connectivity index (χ4v) is 1.81. The molecule has 10 heteroatoms. The Morgan fingerprint density at radius 3 is 1.96 bits per heavy atom. The largest absolute Gasteiger partial charge is 0.481 e. The summed E-state index contributed by atoms with van der Waals surface area (Å²) in [6.45, 7) is 4.74. The summed E-state index contributed by atoms with van der Waals surface area (Å²) in [7, 11) is 0. The molecule has 24 heavy (non-hydrogen) atoms. The maximum atomic E-state index is 12.3. The summed E-state index contributed by atoms with van der Waals surface area (Å²) >= 11 is 0. The number of carbonyl (C=O) groups excluding carboxylic acids is 2. The molecule has 0 saturated heterocycles. The van der Waals surface area contributed by atoms with Crippen LogP contribution >= 0.6 is 0 Å². The average molecular weight is 347 g/mol. The number of carboxylic acid groups (broad SMARTS) is 2. The van der Waals surface area contributed by atoms with Crippen molar-refractivity contribution in [3.63, 3.8) is 0 Å². The van der Waals surface area contributed by atoms with E-state index in [2.05, 4.69) is 10.6 Å². The number of rotatable bonds is 10. The molecule has 0 aliphatic carbocycles. The third kappa shape index (κ3) is 6.92. The lowest BCUT2D eigenvalue weighted by Gasteiger charge is -2.26. The molecular weight excluding hydrogens is 322 g/mol. The predicted octanol–water partition coefficient (Wildman–Crippen LogP) is -1.73. The van der Waals surface area contributed by atoms with Gasteiger partial charge in [0.1, 0.15) is 18.1 Å². The normalized spacial score (nSPS) is 17.0. The van der Waals surface area contributed by atoms with E-state index in [9.17, 15) is 24.3 Å². The van der Waals surface area contributed by atoms with Gasteiger partial charge in [-0.3, -0.25) is 14.4 Å². The Labute approximate surface area is 139 Å². The molecule has 10 nitrogen and oxygen atoms in total. The van der Waals surface area contributed by atoms with Crippen molar-refractivity contribution < 1.29 is 34.5 Å². The number of amides is 2. The van der Waals surface area contributed by atoms with Gasteiger partial charge in [0.15, 0.2) is 0 Å². The van der Waals surface area contributed by atoms with E-state index in [0.29, 0.717) is 6.42 Å². The van der Waals surface area contributed by atoms with E-state index in [-0.39, 0.29) is 5.92 Å². The third-order valence-electron chi connectivity index (χ3n) is 3.61. The molecule has 0 aromatic rings. The second kappa shape index (κ2) is 9.83. The molecule has 0 aromatic carbocycles. The van der Waals surface area contributed by atoms with Crippen LogP contribution in [0.3, 0.4) is 0 Å². The van der Waals surface area contributed by atoms with Crippen molar-refractivity contribution in [1.29, 1.82) is 0 Å². The van der Waals surface area contributed by atoms with Crippen LogP contribution in [0.15, 0.2) is 0 Å². The standard InChI is InChI=1S/C14H25N3O7/c1-4-6(2)11(17-12(21)10(15)7(3)18)13(22)16-8(14(23)24)5-9(19)20/h6-8,10-11,18H,4-5,15H2,1-3H3,(H,16,22)(H,17,21)(H,19,20)(H,23,24). The topological polar surface area (TPSA) is 179 Å². The highest BCUT2D eigenvalue weighted by molar-refractivity contribution is 5.93. The Hall–Kier alpha value is -2.20. The summed E-state index contributed by atoms with van der Waals surface area (Å²) in [6.07, 6.45) is -1.45. The number of nitrogens with two attached hydrogens (primary N) is 1. The van der Waals surface area contributed by atoms with Gasteiger partial charge in [-0.1, -0.05) is 20.3 Å². The maximum Gasteiger partial charge on any atom is 0.326 e. The summed E-state index contributed by atoms with van der Waals surface area (Å²) in [4.78, 5) is 45.9. The Bertz CT molecular complexity index is 481. The number of hydrogen-bond acceptors (Lipinski definition) is 6. The van der Waals surface area contributed by atoms with Gasteiger partial charge in [-0.15, -0.1) is 0 Å². The average Bonchev–Trinajstić information content (AvgIpc) is 2.49. The van der Waals surface area contributed by atoms with E-state index < -0.39 is 54.4 Å². The van der Waals surface area contributed by atoms with Crippen LogP contribution in [0, 0.1) is 5.92 Å². The van der Waals surface area contributed by atoms with E-state index in [0.717, 1.165) is 0 Å². The van der Waals surface area contributed by atoms with Gasteiger partial charge in [0.2, 0.25) is 11.8 Å². The maximum absolute atomic E-state index is 12.3. The quantitative estimate of drug-likeness (QED) is 0.270. The first-order valence-electron chi connectivity index (χ1n) is 7.50. The van der Waals surface area contributed by atoms with Crippen molar-refractivity contribution >= 4 is 23.8 Å². The SMILES string of the molecule is CCC(C)C(NC(=O)C(N)C(C)O)C(=O)NC(CC(=O)O)C(=O)O. The molecule has 0 spiro atoms. The minimum Gasteiger partial charge on any atom is -0.481 e. The molecular formula is C14H25N3O7. The summed E-state index contributed by atoms with van der Waals surface area (Å²) in [5.41, 5.74) is 5.50. The number of aliphatic carboxylic acids is 2. The smallest absolute Gasteiger partial charge is 0.326 e. The molecule has 0 saturated carbocycles. The van der Waals surface area contributed by atoms with Gasteiger partial charge in [0, 0.05) is 0 Å². The highest BCUT2D eigenvalue weighted by Crippen LogP contribution is 2.09. The second-order valence-electron chi connectivity index (χ2n) is 5.64. The first kappa shape index (κ1) is 21.8. The lowest BCUT2D eigenvalue weighted by Crippen LogP contribution is -2.58. The second-order valence-corrected chi connectivity index (χ2v) is 5.64. The first-order chi connectivity index (χ1) is 11.0. The van der Waals surface area contributed by atoms with E-state index in [1.807, 2.05) is 0 Å². The van der Waals surface area contributed by atoms with Crippen molar-refractivity contribution in [2.45, 2.75) is 57.8 Å². The summed E-state index contributed by atoms with van der Waals surface area (Å²) < 4.78 is 0. The summed E-state index contributed by atoms with van der Waals surface area (Å²) in [6, 6.07) is -3.98. The third-order valence-corrected chi connectivity index (χ3v) is 3.61. The number of hydrogen-bond donors (Lipinski definition) is 6. The van der Waals surface area contributed by atoms with Crippen LogP contribution in [0.4, 0.5) is 0 Å². The van der Waals surface area contributed by atoms with Crippen LogP contribution in [0.1, 0.15) is 33.6 Å². The van der Waals surface area contributed by atoms with Crippen molar-refractivity contribution in [3.05, 3.63) is 0 Å². The minimum atomic E-state index is -1.62. The van der Waals surface area contributed by atoms with Crippen LogP contribution in [0.5, 0.6) is 0 Å². The summed E-state index contributed by atoms with van der Waals surface area (Å²) in [5.74, 6) is -4.85. The van der Waals surface area contributed by atoms with Gasteiger partial charge in [-0.2, -0.15) is 0 Å². The van der Waals surface area contributed by atoms with E-state index in [4.69, 9.17) is 15.9 Å². The molecule has 5 unspecified atom stereocenters. The van der Waals surface area contributed by atoms with Gasteiger partial charge in [-0.25, -0.2) is 4.79 Å². The van der Waals surface area contributed by atoms with Crippen LogP contribution in [0.2, 0.25) is 0 Å². The Balaban J connectivity index is 5.16. The highest BCUT2D eigenvalue weighted by Gasteiger charge is 2.32. The number of aliphatic hydroxyl groups excluding tert-OH is 1. The van der Waals surface area contributed by atoms with Crippen LogP contribution in [-0.4, -0.2) is 63.3 Å². The van der Waals surface area contributed by atoms with Gasteiger partial charge in [-0.05, 0) is 12.8 Å². The number of aliphatic hydroxyl groups is 1. The molecule has 0 heterocycles. The fraction of sp³-hybridized carbons (Fsp3) is 0.714. The van der Waals surface area contributed by atoms with Crippen LogP contribution in [0.25, 0.3) is 0 Å². The monoisotopic (exact) mass is 347 g/mol. The molecule has 5 atom stereocenters. The van der Waals surface area contributed by atoms with Crippen molar-refractivity contribution in [2.75, 3.05) is 0 Å². The Morgan fingerprint density at radius 2 is 1.58 bits per heavy atom. The summed E-state index contributed by atoms with van der Waals surface area (Å²) in [5, 5.41) is 31.5. The predicted molar refractivity (Wildman–Crippen MR) is 82.9 cm³/mol. The van der Waals surface area contributed by atoms with Crippen molar-refractivity contribution in [1.82, 2.24) is 10.6 Å². The van der Waals surface area contributed by atoms with Gasteiger partial charge in [0.05, 0.1) is 12.5 Å². The Morgan fingerprint density at radius 1 is 1.04 bits per heavy atom. The molecule has 0 radical (unpaired) electrons. The number of carbonyl (C=O) groups is 4. The van der Waals surface area contributed by atoms with Crippen LogP contribution < -0.4 is 16.4 Å². The molecule has 138 valence electrons. The minimum absolute atomic E-state index is 0.366. The molecule has 0 fully saturated rings. The molecule has 7 N–H and O–H groups in total. The fourth-order valence-electron chi connectivity index (χ4n) is 1.81. The van der Waals surface area contributed by atoms with Crippen LogP contribution in [-0.2, 0) is 19.2 Å². The number of nitrogens with one attached hydrogen (secondary N) is 2. The molecule has 0 aliphatic rings. The Kier molecular flexibility index (Phi) is 8.93. The zero-order valence-electron chi connectivity index (χ0n) is 13.9. The first-order valence-corrected chi connectivity index (χ1v) is 7.50. The lowest BCUT2D eigenvalue weighted by atomic mass is 9.97. The molecule has 2 amide bonds. The van der Waals surface area contributed by atoms with E-state index >= 15 is 0 Å². The molecule has 0 aromatic heterocycles. The lowest BCUT2D eigenvalue weighted by molar-refractivity contribution is -0.147. The van der Waals surface area contributed by atoms with E-state index in [1.165, 1.54) is 6.92 Å². The number of carboxylic acids is 2. The van der Waals surface area contributed by atoms with E-state index in [1.54, 1.807) is 13.8 Å². The highest BCUT2D eigenvalue weighted by atomic mass is 16.4. The zero-order chi connectivity index (χ0) is 19.0. The van der Waals surface area contributed by atoms with Gasteiger partial charge < -0.3 is 31.7 Å².